The van der Waals surface area contributed by atoms with Crippen LogP contribution in [0.25, 0.3) is 0 Å². The van der Waals surface area contributed by atoms with Crippen molar-refractivity contribution in [1.29, 1.82) is 0 Å². The minimum absolute atomic E-state index is 0.0287. The zero-order valence-electron chi connectivity index (χ0n) is 12.6. The summed E-state index contributed by atoms with van der Waals surface area (Å²) in [6.07, 6.45) is 2.31. The van der Waals surface area contributed by atoms with E-state index in [4.69, 9.17) is 0 Å². The molecule has 0 saturated carbocycles. The zero-order valence-corrected chi connectivity index (χ0v) is 12.6. The first kappa shape index (κ1) is 15.0. The molecule has 3 rings (SSSR count). The molecule has 0 aromatic heterocycles. The first-order chi connectivity index (χ1) is 11.1. The van der Waals surface area contributed by atoms with Gasteiger partial charge in [-0.1, -0.05) is 12.1 Å². The second kappa shape index (κ2) is 6.48. The lowest BCUT2D eigenvalue weighted by atomic mass is 10.2. The number of hydrogen-bond acceptors (Lipinski definition) is 4. The van der Waals surface area contributed by atoms with Crippen molar-refractivity contribution in [2.24, 2.45) is 0 Å². The van der Waals surface area contributed by atoms with Crippen molar-refractivity contribution in [1.82, 2.24) is 0 Å². The Labute approximate surface area is 133 Å². The van der Waals surface area contributed by atoms with Gasteiger partial charge in [0.1, 0.15) is 0 Å². The molecule has 0 spiro atoms. The van der Waals surface area contributed by atoms with E-state index in [1.54, 1.807) is 0 Å². The Kier molecular flexibility index (Phi) is 4.23. The smallest absolute Gasteiger partial charge is 0.269 e. The first-order valence-electron chi connectivity index (χ1n) is 7.55. The fourth-order valence-electron chi connectivity index (χ4n) is 2.74. The molecule has 0 bridgehead atoms. The molecular formula is C17H17N3O3. The van der Waals surface area contributed by atoms with Crippen molar-refractivity contribution in [2.45, 2.75) is 12.8 Å². The molecule has 1 saturated heterocycles. The molecule has 0 unspecified atom stereocenters. The molecule has 1 heterocycles. The number of benzene rings is 2. The number of nitro groups is 1. The van der Waals surface area contributed by atoms with Crippen molar-refractivity contribution in [3.63, 3.8) is 0 Å². The van der Waals surface area contributed by atoms with Gasteiger partial charge in [0.05, 0.1) is 16.3 Å². The molecule has 1 aliphatic heterocycles. The Morgan fingerprint density at radius 3 is 2.35 bits per heavy atom. The largest absolute Gasteiger partial charge is 0.370 e. The molecule has 2 aromatic carbocycles. The molecule has 1 aliphatic rings. The van der Waals surface area contributed by atoms with Gasteiger partial charge < -0.3 is 10.2 Å². The predicted molar refractivity (Wildman–Crippen MR) is 88.9 cm³/mol. The summed E-state index contributed by atoms with van der Waals surface area (Å²) in [5, 5.41) is 13.6. The number of nitrogens with one attached hydrogen (secondary N) is 1. The van der Waals surface area contributed by atoms with Crippen LogP contribution in [0, 0.1) is 10.1 Å². The summed E-state index contributed by atoms with van der Waals surface area (Å²) < 4.78 is 0. The van der Waals surface area contributed by atoms with Crippen molar-refractivity contribution < 1.29 is 9.72 Å². The Hall–Kier alpha value is -2.89. The van der Waals surface area contributed by atoms with Crippen LogP contribution in [0.15, 0.2) is 48.5 Å². The van der Waals surface area contributed by atoms with E-state index in [-0.39, 0.29) is 11.6 Å². The summed E-state index contributed by atoms with van der Waals surface area (Å²) in [4.78, 5) is 24.8. The average molecular weight is 311 g/mol. The third-order valence-electron chi connectivity index (χ3n) is 3.94. The number of hydrogen-bond donors (Lipinski definition) is 1. The zero-order chi connectivity index (χ0) is 16.2. The number of anilines is 2. The van der Waals surface area contributed by atoms with Gasteiger partial charge in [-0.25, -0.2) is 0 Å². The van der Waals surface area contributed by atoms with Crippen LogP contribution in [0.2, 0.25) is 0 Å². The number of carbonyl (C=O) groups excluding carboxylic acids is 1. The quantitative estimate of drug-likeness (QED) is 0.693. The Morgan fingerprint density at radius 2 is 1.70 bits per heavy atom. The van der Waals surface area contributed by atoms with Crippen LogP contribution in [0.3, 0.4) is 0 Å². The van der Waals surface area contributed by atoms with E-state index in [2.05, 4.69) is 10.2 Å². The average Bonchev–Trinajstić information content (AvgIpc) is 3.09. The monoisotopic (exact) mass is 311 g/mol. The normalized spacial score (nSPS) is 13.8. The molecular weight excluding hydrogens is 294 g/mol. The number of non-ortho nitro benzene ring substituents is 1. The fourth-order valence-corrected chi connectivity index (χ4v) is 2.74. The minimum atomic E-state index is -0.482. The second-order valence-electron chi connectivity index (χ2n) is 5.47. The molecule has 1 fully saturated rings. The minimum Gasteiger partial charge on any atom is -0.370 e. The van der Waals surface area contributed by atoms with Crippen LogP contribution in [-0.4, -0.2) is 23.9 Å². The van der Waals surface area contributed by atoms with Crippen LogP contribution in [0.4, 0.5) is 17.1 Å². The van der Waals surface area contributed by atoms with Crippen molar-refractivity contribution in [3.05, 3.63) is 64.2 Å². The number of para-hydroxylation sites is 2. The van der Waals surface area contributed by atoms with Crippen LogP contribution in [0.5, 0.6) is 0 Å². The van der Waals surface area contributed by atoms with Gasteiger partial charge in [-0.15, -0.1) is 0 Å². The molecule has 6 nitrogen and oxygen atoms in total. The summed E-state index contributed by atoms with van der Waals surface area (Å²) in [5.74, 6) is -0.272. The molecule has 2 aromatic rings. The molecule has 1 amide bonds. The van der Waals surface area contributed by atoms with Gasteiger partial charge >= 0.3 is 0 Å². The van der Waals surface area contributed by atoms with Gasteiger partial charge in [-0.05, 0) is 37.1 Å². The lowest BCUT2D eigenvalue weighted by Crippen LogP contribution is -2.21. The number of nitro benzene ring substituents is 1. The van der Waals surface area contributed by atoms with Crippen molar-refractivity contribution in [3.8, 4) is 0 Å². The molecule has 0 radical (unpaired) electrons. The third-order valence-corrected chi connectivity index (χ3v) is 3.94. The summed E-state index contributed by atoms with van der Waals surface area (Å²) >= 11 is 0. The topological polar surface area (TPSA) is 75.5 Å². The molecule has 1 N–H and O–H groups in total. The molecule has 118 valence electrons. The summed E-state index contributed by atoms with van der Waals surface area (Å²) in [6, 6.07) is 13.3. The van der Waals surface area contributed by atoms with E-state index in [1.807, 2.05) is 24.3 Å². The highest BCUT2D eigenvalue weighted by Gasteiger charge is 2.17. The SMILES string of the molecule is O=C(Nc1ccccc1N1CCCC1)c1ccc([N+](=O)[O-])cc1. The molecule has 6 heteroatoms. The summed E-state index contributed by atoms with van der Waals surface area (Å²) in [7, 11) is 0. The maximum absolute atomic E-state index is 12.4. The maximum atomic E-state index is 12.4. The van der Waals surface area contributed by atoms with Gasteiger partial charge in [-0.3, -0.25) is 14.9 Å². The number of rotatable bonds is 4. The Bertz CT molecular complexity index is 722. The van der Waals surface area contributed by atoms with Gasteiger partial charge in [0.2, 0.25) is 0 Å². The number of amides is 1. The van der Waals surface area contributed by atoms with Crippen molar-refractivity contribution >= 4 is 23.0 Å². The van der Waals surface area contributed by atoms with Gasteiger partial charge in [0.25, 0.3) is 11.6 Å². The lowest BCUT2D eigenvalue weighted by molar-refractivity contribution is -0.384. The predicted octanol–water partition coefficient (Wildman–Crippen LogP) is 3.45. The molecule has 0 aliphatic carbocycles. The van der Waals surface area contributed by atoms with Crippen LogP contribution in [0.1, 0.15) is 23.2 Å². The molecule has 23 heavy (non-hydrogen) atoms. The van der Waals surface area contributed by atoms with E-state index in [0.29, 0.717) is 5.56 Å². The van der Waals surface area contributed by atoms with Gasteiger partial charge in [0.15, 0.2) is 0 Å². The summed E-state index contributed by atoms with van der Waals surface area (Å²) in [5.41, 5.74) is 2.14. The number of carbonyl (C=O) groups is 1. The third kappa shape index (κ3) is 3.31. The van der Waals surface area contributed by atoms with Crippen LogP contribution < -0.4 is 10.2 Å². The Morgan fingerprint density at radius 1 is 1.04 bits per heavy atom. The van der Waals surface area contributed by atoms with E-state index < -0.39 is 4.92 Å². The maximum Gasteiger partial charge on any atom is 0.269 e. The van der Waals surface area contributed by atoms with E-state index in [0.717, 1.165) is 37.3 Å². The van der Waals surface area contributed by atoms with E-state index in [9.17, 15) is 14.9 Å². The van der Waals surface area contributed by atoms with E-state index in [1.165, 1.54) is 24.3 Å². The standard InChI is InChI=1S/C17H17N3O3/c21-17(13-7-9-14(10-8-13)20(22)23)18-15-5-1-2-6-16(15)19-11-3-4-12-19/h1-2,5-10H,3-4,11-12H2,(H,18,21). The summed E-state index contributed by atoms with van der Waals surface area (Å²) in [6.45, 7) is 1.98. The highest BCUT2D eigenvalue weighted by Crippen LogP contribution is 2.29. The highest BCUT2D eigenvalue weighted by atomic mass is 16.6. The van der Waals surface area contributed by atoms with Gasteiger partial charge in [-0.2, -0.15) is 0 Å². The first-order valence-corrected chi connectivity index (χ1v) is 7.55. The van der Waals surface area contributed by atoms with Crippen LogP contribution in [-0.2, 0) is 0 Å². The fraction of sp³-hybridized carbons (Fsp3) is 0.235. The number of nitrogens with zero attached hydrogens (tertiary/aromatic N) is 2. The van der Waals surface area contributed by atoms with Crippen molar-refractivity contribution in [2.75, 3.05) is 23.3 Å². The highest BCUT2D eigenvalue weighted by molar-refractivity contribution is 6.06. The lowest BCUT2D eigenvalue weighted by Gasteiger charge is -2.21. The van der Waals surface area contributed by atoms with E-state index >= 15 is 0 Å². The second-order valence-corrected chi connectivity index (χ2v) is 5.47. The molecule has 0 atom stereocenters. The van der Waals surface area contributed by atoms with Crippen LogP contribution >= 0.6 is 0 Å². The van der Waals surface area contributed by atoms with Gasteiger partial charge in [0, 0.05) is 30.8 Å². The Balaban J connectivity index is 1.78.